The number of esters is 1. The van der Waals surface area contributed by atoms with Crippen LogP contribution >= 0.6 is 0 Å². The van der Waals surface area contributed by atoms with Crippen LogP contribution in [0.25, 0.3) is 0 Å². The van der Waals surface area contributed by atoms with Gasteiger partial charge in [-0.05, 0) is 0 Å². The van der Waals surface area contributed by atoms with Crippen molar-refractivity contribution in [3.8, 4) is 0 Å². The summed E-state index contributed by atoms with van der Waals surface area (Å²) in [6.45, 7) is 0. The average molecular weight is 160 g/mol. The molecule has 0 rings (SSSR count). The number of hydrogen-bond donors (Lipinski definition) is 0. The molecule has 0 saturated carbocycles. The summed E-state index contributed by atoms with van der Waals surface area (Å²) in [5, 5.41) is 0.868. The van der Waals surface area contributed by atoms with Gasteiger partial charge in [0.2, 0.25) is 0 Å². The van der Waals surface area contributed by atoms with Crippen LogP contribution < -0.4 is 0 Å². The summed E-state index contributed by atoms with van der Waals surface area (Å²) in [5.74, 6) is -0.123. The maximum atomic E-state index is 10.2. The Morgan fingerprint density at radius 1 is 1.86 bits per heavy atom. The van der Waals surface area contributed by atoms with E-state index in [-0.39, 0.29) is 5.97 Å². The summed E-state index contributed by atoms with van der Waals surface area (Å²) in [6.07, 6.45) is 0.538. The molecule has 0 atom stereocenters. The first-order valence-corrected chi connectivity index (χ1v) is 3.51. The molecule has 2 nitrogen and oxygen atoms in total. The van der Waals surface area contributed by atoms with Crippen molar-refractivity contribution in [2.24, 2.45) is 0 Å². The Morgan fingerprint density at radius 3 is 2.57 bits per heavy atom. The second kappa shape index (κ2) is 4.18. The molecule has 0 aliphatic heterocycles. The summed E-state index contributed by atoms with van der Waals surface area (Å²) >= 11 is 1.94. The molecule has 0 aromatic heterocycles. The summed E-state index contributed by atoms with van der Waals surface area (Å²) in [5.41, 5.74) is 0. The fraction of sp³-hybridized carbons (Fsp3) is 0.750. The Hall–Kier alpha value is 0.0129. The van der Waals surface area contributed by atoms with E-state index >= 15 is 0 Å². The van der Waals surface area contributed by atoms with Gasteiger partial charge >= 0.3 is 50.8 Å². The predicted molar refractivity (Wildman–Crippen MR) is 27.2 cm³/mol. The normalized spacial score (nSPS) is 8.29. The van der Waals surface area contributed by atoms with Crippen molar-refractivity contribution in [1.82, 2.24) is 0 Å². The molecule has 0 fully saturated rings. The number of rotatable bonds is 2. The van der Waals surface area contributed by atoms with E-state index in [1.54, 1.807) is 0 Å². The molecular weight excluding hydrogens is 153 g/mol. The molecule has 0 unspecified atom stereocenters. The van der Waals surface area contributed by atoms with Crippen LogP contribution in [0.1, 0.15) is 6.42 Å². The Balaban J connectivity index is 3.00. The van der Waals surface area contributed by atoms with E-state index in [9.17, 15) is 4.79 Å². The number of methoxy groups -OCH3 is 1. The average Bonchev–Trinajstić information content (AvgIpc) is 1.68. The van der Waals surface area contributed by atoms with Crippen LogP contribution in [0.3, 0.4) is 0 Å². The van der Waals surface area contributed by atoms with Crippen LogP contribution in [0, 0.1) is 0 Å². The fourth-order valence-corrected chi connectivity index (χ4v) is 0.632. The van der Waals surface area contributed by atoms with Gasteiger partial charge in [0.05, 0.1) is 0 Å². The summed E-state index contributed by atoms with van der Waals surface area (Å²) in [4.78, 5) is 10.2. The first-order valence-electron chi connectivity index (χ1n) is 2.02. The van der Waals surface area contributed by atoms with Crippen LogP contribution in [0.5, 0.6) is 0 Å². The van der Waals surface area contributed by atoms with Gasteiger partial charge < -0.3 is 0 Å². The van der Waals surface area contributed by atoms with Crippen LogP contribution in [0.2, 0.25) is 5.25 Å². The summed E-state index contributed by atoms with van der Waals surface area (Å²) < 4.78 is 4.35. The molecule has 0 aliphatic carbocycles. The number of ether oxygens (including phenoxy) is 1. The van der Waals surface area contributed by atoms with Crippen molar-refractivity contribution in [2.75, 3.05) is 7.11 Å². The molecule has 0 spiro atoms. The van der Waals surface area contributed by atoms with Crippen LogP contribution in [-0.4, -0.2) is 29.6 Å². The molecule has 0 bridgehead atoms. The number of hydrogen-bond acceptors (Lipinski definition) is 2. The van der Waals surface area contributed by atoms with Crippen molar-refractivity contribution in [3.05, 3.63) is 0 Å². The summed E-state index contributed by atoms with van der Waals surface area (Å²) in [7, 11) is 1.40. The van der Waals surface area contributed by atoms with Crippen molar-refractivity contribution in [2.45, 2.75) is 11.7 Å². The van der Waals surface area contributed by atoms with E-state index in [1.807, 2.05) is 16.5 Å². The number of carbonyl (C=O) groups excluding carboxylic acids is 1. The van der Waals surface area contributed by atoms with Crippen LogP contribution in [-0.2, 0) is 9.53 Å². The molecule has 0 heterocycles. The minimum atomic E-state index is -0.123. The quantitative estimate of drug-likeness (QED) is 0.423. The van der Waals surface area contributed by atoms with E-state index < -0.39 is 0 Å². The Labute approximate surface area is 51.5 Å². The maximum absolute atomic E-state index is 10.2. The molecule has 7 heavy (non-hydrogen) atoms. The van der Waals surface area contributed by atoms with Gasteiger partial charge in [-0.3, -0.25) is 0 Å². The van der Waals surface area contributed by atoms with Gasteiger partial charge in [0, 0.05) is 0 Å². The van der Waals surface area contributed by atoms with Crippen LogP contribution in [0.4, 0.5) is 0 Å². The van der Waals surface area contributed by atoms with Gasteiger partial charge in [0.15, 0.2) is 0 Å². The zero-order chi connectivity index (χ0) is 5.70. The zero-order valence-electron chi connectivity index (χ0n) is 4.23. The SMILES string of the molecule is COC(=O)C[CH2][Ge]. The summed E-state index contributed by atoms with van der Waals surface area (Å²) in [6, 6.07) is 0. The van der Waals surface area contributed by atoms with Crippen molar-refractivity contribution >= 4 is 22.5 Å². The van der Waals surface area contributed by atoms with Gasteiger partial charge in [0.25, 0.3) is 0 Å². The first kappa shape index (κ1) is 7.01. The predicted octanol–water partition coefficient (Wildman–Crippen LogP) is 0.136. The van der Waals surface area contributed by atoms with Crippen molar-refractivity contribution in [3.63, 3.8) is 0 Å². The molecule has 0 aliphatic rings. The van der Waals surface area contributed by atoms with E-state index in [1.165, 1.54) is 7.11 Å². The second-order valence-electron chi connectivity index (χ2n) is 1.08. The third-order valence-corrected chi connectivity index (χ3v) is 1.08. The van der Waals surface area contributed by atoms with E-state index in [0.29, 0.717) is 6.42 Å². The van der Waals surface area contributed by atoms with E-state index in [0.717, 1.165) is 5.25 Å². The van der Waals surface area contributed by atoms with Gasteiger partial charge in [-0.2, -0.15) is 0 Å². The number of carbonyl (C=O) groups is 1. The monoisotopic (exact) mass is 161 g/mol. The molecule has 3 radical (unpaired) electrons. The second-order valence-corrected chi connectivity index (χ2v) is 2.13. The molecular formula is C4H7GeO2. The molecule has 0 aromatic rings. The Morgan fingerprint density at radius 2 is 2.43 bits per heavy atom. The molecule has 0 aromatic carbocycles. The van der Waals surface area contributed by atoms with Gasteiger partial charge in [0.1, 0.15) is 0 Å². The Kier molecular flexibility index (Phi) is 4.19. The van der Waals surface area contributed by atoms with Crippen LogP contribution in [0.15, 0.2) is 0 Å². The third-order valence-electron chi connectivity index (χ3n) is 0.557. The van der Waals surface area contributed by atoms with Gasteiger partial charge in [-0.15, -0.1) is 0 Å². The van der Waals surface area contributed by atoms with E-state index in [2.05, 4.69) is 4.74 Å². The fourth-order valence-electron chi connectivity index (χ4n) is 0.204. The molecule has 0 saturated heterocycles. The molecule has 39 valence electrons. The molecule has 0 amide bonds. The van der Waals surface area contributed by atoms with Gasteiger partial charge in [-0.1, -0.05) is 0 Å². The third kappa shape index (κ3) is 3.85. The zero-order valence-corrected chi connectivity index (χ0v) is 6.33. The first-order chi connectivity index (χ1) is 3.31. The van der Waals surface area contributed by atoms with Crippen molar-refractivity contribution < 1.29 is 9.53 Å². The standard InChI is InChI=1S/C4H7GeO2/c1-7-4(6)2-3-5/h2-3H2,1H3. The van der Waals surface area contributed by atoms with Gasteiger partial charge in [-0.25, -0.2) is 0 Å². The Bertz CT molecular complexity index is 62.7. The minimum absolute atomic E-state index is 0.123. The van der Waals surface area contributed by atoms with Crippen molar-refractivity contribution in [1.29, 1.82) is 0 Å². The molecule has 0 N–H and O–H groups in total. The topological polar surface area (TPSA) is 26.3 Å². The molecule has 3 heteroatoms. The van der Waals surface area contributed by atoms with E-state index in [4.69, 9.17) is 0 Å².